The molecule has 0 aliphatic heterocycles. The molecule has 3 rings (SSSR count). The van der Waals surface area contributed by atoms with Crippen LogP contribution in [0, 0.1) is 0 Å². The highest BCUT2D eigenvalue weighted by atomic mass is 35.5. The molecule has 0 aliphatic carbocycles. The zero-order valence-electron chi connectivity index (χ0n) is 10.8. The number of fused-ring (bicyclic) bond motifs is 1. The van der Waals surface area contributed by atoms with E-state index in [0.717, 1.165) is 10.8 Å². The highest BCUT2D eigenvalue weighted by molar-refractivity contribution is 7.18. The number of thiophene rings is 1. The SMILES string of the molecule is O=C(COc1ccc(Cl)c2ccccc12)c1ccc(Cl)s1. The summed E-state index contributed by atoms with van der Waals surface area (Å²) in [5, 5.41) is 2.46. The quantitative estimate of drug-likeness (QED) is 0.590. The Morgan fingerprint density at radius 3 is 2.48 bits per heavy atom. The topological polar surface area (TPSA) is 26.3 Å². The molecule has 0 spiro atoms. The Morgan fingerprint density at radius 1 is 1.00 bits per heavy atom. The van der Waals surface area contributed by atoms with Crippen molar-refractivity contribution in [2.45, 2.75) is 0 Å². The number of hydrogen-bond acceptors (Lipinski definition) is 3. The van der Waals surface area contributed by atoms with Gasteiger partial charge in [0.2, 0.25) is 5.78 Å². The average molecular weight is 337 g/mol. The molecule has 5 heteroatoms. The summed E-state index contributed by atoms with van der Waals surface area (Å²) >= 11 is 13.2. The smallest absolute Gasteiger partial charge is 0.210 e. The van der Waals surface area contributed by atoms with Crippen molar-refractivity contribution in [3.63, 3.8) is 0 Å². The summed E-state index contributed by atoms with van der Waals surface area (Å²) in [6, 6.07) is 14.6. The van der Waals surface area contributed by atoms with Gasteiger partial charge in [-0.2, -0.15) is 0 Å². The monoisotopic (exact) mass is 336 g/mol. The highest BCUT2D eigenvalue weighted by Crippen LogP contribution is 2.31. The normalized spacial score (nSPS) is 10.8. The third-order valence-corrected chi connectivity index (χ3v) is 4.64. The number of rotatable bonds is 4. The number of carbonyl (C=O) groups is 1. The summed E-state index contributed by atoms with van der Waals surface area (Å²) in [6.07, 6.45) is 0. The van der Waals surface area contributed by atoms with E-state index in [4.69, 9.17) is 27.9 Å². The van der Waals surface area contributed by atoms with Gasteiger partial charge in [-0.3, -0.25) is 4.79 Å². The van der Waals surface area contributed by atoms with Crippen molar-refractivity contribution in [2.24, 2.45) is 0 Å². The third kappa shape index (κ3) is 3.05. The van der Waals surface area contributed by atoms with E-state index in [1.807, 2.05) is 24.3 Å². The minimum Gasteiger partial charge on any atom is -0.485 e. The van der Waals surface area contributed by atoms with Gasteiger partial charge in [0.25, 0.3) is 0 Å². The van der Waals surface area contributed by atoms with Crippen LogP contribution >= 0.6 is 34.5 Å². The van der Waals surface area contributed by atoms with Crippen LogP contribution in [0.15, 0.2) is 48.5 Å². The molecule has 0 amide bonds. The van der Waals surface area contributed by atoms with Crippen molar-refractivity contribution in [1.82, 2.24) is 0 Å². The van der Waals surface area contributed by atoms with Crippen LogP contribution < -0.4 is 4.74 Å². The number of hydrogen-bond donors (Lipinski definition) is 0. The Morgan fingerprint density at radius 2 is 1.76 bits per heavy atom. The second kappa shape index (κ2) is 6.06. The van der Waals surface area contributed by atoms with Crippen LogP contribution in [0.3, 0.4) is 0 Å². The van der Waals surface area contributed by atoms with E-state index in [1.54, 1.807) is 24.3 Å². The van der Waals surface area contributed by atoms with Crippen molar-refractivity contribution in [3.8, 4) is 5.75 Å². The Kier molecular flexibility index (Phi) is 4.15. The molecule has 1 heterocycles. The number of ketones is 1. The predicted octanol–water partition coefficient (Wildman–Crippen LogP) is 5.47. The van der Waals surface area contributed by atoms with Gasteiger partial charge in [-0.15, -0.1) is 11.3 Å². The van der Waals surface area contributed by atoms with Gasteiger partial charge in [-0.25, -0.2) is 0 Å². The van der Waals surface area contributed by atoms with E-state index in [-0.39, 0.29) is 12.4 Å². The first-order valence-corrected chi connectivity index (χ1v) is 7.81. The van der Waals surface area contributed by atoms with E-state index < -0.39 is 0 Å². The number of carbonyl (C=O) groups excluding carboxylic acids is 1. The molecule has 0 aliphatic rings. The zero-order valence-corrected chi connectivity index (χ0v) is 13.1. The van der Waals surface area contributed by atoms with Gasteiger partial charge in [0.05, 0.1) is 9.21 Å². The Balaban J connectivity index is 1.83. The van der Waals surface area contributed by atoms with E-state index in [1.165, 1.54) is 11.3 Å². The summed E-state index contributed by atoms with van der Waals surface area (Å²) in [5.41, 5.74) is 0. The van der Waals surface area contributed by atoms with Crippen LogP contribution in [0.5, 0.6) is 5.75 Å². The fraction of sp³-hybridized carbons (Fsp3) is 0.0625. The minimum absolute atomic E-state index is 0.0253. The van der Waals surface area contributed by atoms with Crippen LogP contribution in [-0.2, 0) is 0 Å². The molecule has 0 bridgehead atoms. The first kappa shape index (κ1) is 14.4. The second-order valence-electron chi connectivity index (χ2n) is 4.41. The molecule has 2 aromatic carbocycles. The molecule has 106 valence electrons. The standard InChI is InChI=1S/C16H10Cl2O2S/c17-12-5-6-14(11-4-2-1-3-10(11)12)20-9-13(19)15-7-8-16(18)21-15/h1-8H,9H2. The predicted molar refractivity (Wildman–Crippen MR) is 88.1 cm³/mol. The fourth-order valence-electron chi connectivity index (χ4n) is 2.04. The lowest BCUT2D eigenvalue weighted by atomic mass is 10.1. The molecule has 0 saturated carbocycles. The molecule has 21 heavy (non-hydrogen) atoms. The summed E-state index contributed by atoms with van der Waals surface area (Å²) in [4.78, 5) is 12.6. The lowest BCUT2D eigenvalue weighted by Gasteiger charge is -2.09. The first-order valence-electron chi connectivity index (χ1n) is 6.24. The maximum absolute atomic E-state index is 12.0. The van der Waals surface area contributed by atoms with Gasteiger partial charge in [-0.1, -0.05) is 47.5 Å². The molecular weight excluding hydrogens is 327 g/mol. The maximum Gasteiger partial charge on any atom is 0.210 e. The summed E-state index contributed by atoms with van der Waals surface area (Å²) in [5.74, 6) is 0.553. The molecule has 2 nitrogen and oxygen atoms in total. The van der Waals surface area contributed by atoms with E-state index in [0.29, 0.717) is 20.0 Å². The molecule has 0 radical (unpaired) electrons. The Hall–Kier alpha value is -1.55. The highest BCUT2D eigenvalue weighted by Gasteiger charge is 2.11. The lowest BCUT2D eigenvalue weighted by molar-refractivity contribution is 0.0927. The van der Waals surface area contributed by atoms with E-state index in [9.17, 15) is 4.79 Å². The van der Waals surface area contributed by atoms with Crippen molar-refractivity contribution in [3.05, 3.63) is 62.8 Å². The van der Waals surface area contributed by atoms with Crippen LogP contribution in [0.2, 0.25) is 9.36 Å². The molecule has 0 N–H and O–H groups in total. The van der Waals surface area contributed by atoms with E-state index in [2.05, 4.69) is 0 Å². The molecule has 0 saturated heterocycles. The van der Waals surface area contributed by atoms with Gasteiger partial charge in [0.1, 0.15) is 5.75 Å². The van der Waals surface area contributed by atoms with Gasteiger partial charge >= 0.3 is 0 Å². The Bertz CT molecular complexity index is 811. The van der Waals surface area contributed by atoms with Crippen LogP contribution in [0.4, 0.5) is 0 Å². The molecule has 0 unspecified atom stereocenters. The lowest BCUT2D eigenvalue weighted by Crippen LogP contribution is -2.10. The maximum atomic E-state index is 12.0. The molecule has 3 aromatic rings. The fourth-order valence-corrected chi connectivity index (χ4v) is 3.23. The van der Waals surface area contributed by atoms with Crippen LogP contribution in [0.25, 0.3) is 10.8 Å². The van der Waals surface area contributed by atoms with Crippen molar-refractivity contribution >= 4 is 51.1 Å². The van der Waals surface area contributed by atoms with Gasteiger partial charge in [0, 0.05) is 15.8 Å². The summed E-state index contributed by atoms with van der Waals surface area (Å²) in [6.45, 7) is -0.0253. The van der Waals surface area contributed by atoms with Crippen LogP contribution in [0.1, 0.15) is 9.67 Å². The second-order valence-corrected chi connectivity index (χ2v) is 6.53. The summed E-state index contributed by atoms with van der Waals surface area (Å²) < 4.78 is 6.25. The zero-order chi connectivity index (χ0) is 14.8. The van der Waals surface area contributed by atoms with Gasteiger partial charge in [-0.05, 0) is 24.3 Å². The average Bonchev–Trinajstić information content (AvgIpc) is 2.93. The number of halogens is 2. The molecular formula is C16H10Cl2O2S. The van der Waals surface area contributed by atoms with Crippen LogP contribution in [-0.4, -0.2) is 12.4 Å². The van der Waals surface area contributed by atoms with Crippen molar-refractivity contribution < 1.29 is 9.53 Å². The van der Waals surface area contributed by atoms with Gasteiger partial charge in [0.15, 0.2) is 6.61 Å². The molecule has 0 fully saturated rings. The first-order chi connectivity index (χ1) is 10.1. The largest absolute Gasteiger partial charge is 0.485 e. The number of Topliss-reactive ketones (excluding diaryl/α,β-unsaturated/α-hetero) is 1. The number of benzene rings is 2. The Labute approximate surface area is 135 Å². The summed E-state index contributed by atoms with van der Waals surface area (Å²) in [7, 11) is 0. The molecule has 0 atom stereocenters. The van der Waals surface area contributed by atoms with Gasteiger partial charge < -0.3 is 4.74 Å². The van der Waals surface area contributed by atoms with Crippen molar-refractivity contribution in [2.75, 3.05) is 6.61 Å². The minimum atomic E-state index is -0.0917. The van der Waals surface area contributed by atoms with Crippen molar-refractivity contribution in [1.29, 1.82) is 0 Å². The van der Waals surface area contributed by atoms with E-state index >= 15 is 0 Å². The third-order valence-electron chi connectivity index (χ3n) is 3.04. The molecule has 1 aromatic heterocycles. The number of ether oxygens (including phenoxy) is 1.